The zero-order valence-electron chi connectivity index (χ0n) is 10.2. The first-order chi connectivity index (χ1) is 8.50. The number of aromatic nitrogens is 1. The van der Waals surface area contributed by atoms with E-state index in [0.717, 1.165) is 19.4 Å². The molecule has 1 aliphatic heterocycles. The van der Waals surface area contributed by atoms with Gasteiger partial charge in [-0.3, -0.25) is 4.79 Å². The molecule has 1 unspecified atom stereocenters. The van der Waals surface area contributed by atoms with Crippen molar-refractivity contribution in [2.24, 2.45) is 0 Å². The van der Waals surface area contributed by atoms with E-state index in [1.165, 1.54) is 12.3 Å². The third kappa shape index (κ3) is 2.91. The van der Waals surface area contributed by atoms with Crippen LogP contribution in [-0.4, -0.2) is 29.6 Å². The zero-order chi connectivity index (χ0) is 13.2. The fraction of sp³-hybridized carbons (Fsp3) is 0.500. The molecule has 1 aromatic rings. The number of nitrogens with one attached hydrogen (secondary N) is 1. The number of carbonyl (C=O) groups is 1. The number of hydrogen-bond donors (Lipinski definition) is 2. The van der Waals surface area contributed by atoms with Gasteiger partial charge in [-0.25, -0.2) is 4.98 Å². The van der Waals surface area contributed by atoms with E-state index >= 15 is 0 Å². The number of hydrogen-bond acceptors (Lipinski definition) is 4. The third-order valence-electron chi connectivity index (χ3n) is 3.04. The SMILES string of the molecule is CC1(CNC(=O)c2cc(N)ncc2Cl)CCCO1. The van der Waals surface area contributed by atoms with E-state index in [0.29, 0.717) is 17.1 Å². The summed E-state index contributed by atoms with van der Waals surface area (Å²) in [6, 6.07) is 1.47. The van der Waals surface area contributed by atoms with Crippen LogP contribution in [0.2, 0.25) is 5.02 Å². The lowest BCUT2D eigenvalue weighted by molar-refractivity contribution is 0.0206. The molecule has 3 N–H and O–H groups in total. The van der Waals surface area contributed by atoms with Gasteiger partial charge in [0.05, 0.1) is 16.2 Å². The second-order valence-electron chi connectivity index (χ2n) is 4.67. The molecular formula is C12H16ClN3O2. The number of carbonyl (C=O) groups excluding carboxylic acids is 1. The molecule has 1 amide bonds. The second-order valence-corrected chi connectivity index (χ2v) is 5.08. The van der Waals surface area contributed by atoms with Crippen LogP contribution in [0.1, 0.15) is 30.1 Å². The average molecular weight is 270 g/mol. The minimum Gasteiger partial charge on any atom is -0.384 e. The number of halogens is 1. The summed E-state index contributed by atoms with van der Waals surface area (Å²) in [7, 11) is 0. The van der Waals surface area contributed by atoms with E-state index in [2.05, 4.69) is 10.3 Å². The molecule has 1 atom stereocenters. The number of nitrogen functional groups attached to an aromatic ring is 1. The van der Waals surface area contributed by atoms with Crippen molar-refractivity contribution < 1.29 is 9.53 Å². The van der Waals surface area contributed by atoms with Gasteiger partial charge in [0.2, 0.25) is 0 Å². The van der Waals surface area contributed by atoms with E-state index in [9.17, 15) is 4.79 Å². The van der Waals surface area contributed by atoms with Crippen molar-refractivity contribution in [3.05, 3.63) is 22.8 Å². The molecule has 2 heterocycles. The summed E-state index contributed by atoms with van der Waals surface area (Å²) >= 11 is 5.91. The standard InChI is InChI=1S/C12H16ClN3O2/c1-12(3-2-4-18-12)7-16-11(17)8-5-10(14)15-6-9(8)13/h5-6H,2-4,7H2,1H3,(H2,14,15)(H,16,17). The maximum atomic E-state index is 12.0. The van der Waals surface area contributed by atoms with Gasteiger partial charge in [0.1, 0.15) is 5.82 Å². The number of anilines is 1. The molecule has 98 valence electrons. The first-order valence-corrected chi connectivity index (χ1v) is 6.21. The molecule has 1 saturated heterocycles. The van der Waals surface area contributed by atoms with Crippen LogP contribution >= 0.6 is 11.6 Å². The normalized spacial score (nSPS) is 23.0. The van der Waals surface area contributed by atoms with Crippen LogP contribution in [0.25, 0.3) is 0 Å². The van der Waals surface area contributed by atoms with Crippen LogP contribution in [0.5, 0.6) is 0 Å². The number of amides is 1. The van der Waals surface area contributed by atoms with Crippen LogP contribution in [0, 0.1) is 0 Å². The molecule has 1 aliphatic rings. The van der Waals surface area contributed by atoms with Crippen LogP contribution in [0.15, 0.2) is 12.3 Å². The van der Waals surface area contributed by atoms with Crippen LogP contribution in [-0.2, 0) is 4.74 Å². The van der Waals surface area contributed by atoms with Crippen LogP contribution < -0.4 is 11.1 Å². The van der Waals surface area contributed by atoms with Gasteiger partial charge in [0.15, 0.2) is 0 Å². The van der Waals surface area contributed by atoms with Gasteiger partial charge in [0, 0.05) is 19.3 Å². The highest BCUT2D eigenvalue weighted by atomic mass is 35.5. The summed E-state index contributed by atoms with van der Waals surface area (Å²) < 4.78 is 5.60. The quantitative estimate of drug-likeness (QED) is 0.874. The van der Waals surface area contributed by atoms with Crippen LogP contribution in [0.4, 0.5) is 5.82 Å². The van der Waals surface area contributed by atoms with E-state index in [1.807, 2.05) is 6.92 Å². The Bertz CT molecular complexity index is 459. The Labute approximate surface area is 111 Å². The molecular weight excluding hydrogens is 254 g/mol. The Hall–Kier alpha value is -1.33. The fourth-order valence-electron chi connectivity index (χ4n) is 1.97. The van der Waals surface area contributed by atoms with E-state index in [4.69, 9.17) is 22.1 Å². The van der Waals surface area contributed by atoms with Gasteiger partial charge in [-0.15, -0.1) is 0 Å². The van der Waals surface area contributed by atoms with Gasteiger partial charge in [0.25, 0.3) is 5.91 Å². The molecule has 2 rings (SSSR count). The Morgan fingerprint density at radius 1 is 1.72 bits per heavy atom. The predicted octanol–water partition coefficient (Wildman–Crippen LogP) is 1.62. The molecule has 0 spiro atoms. The average Bonchev–Trinajstić information content (AvgIpc) is 2.77. The van der Waals surface area contributed by atoms with E-state index < -0.39 is 0 Å². The van der Waals surface area contributed by atoms with Crippen molar-refractivity contribution >= 4 is 23.3 Å². The highest BCUT2D eigenvalue weighted by molar-refractivity contribution is 6.33. The molecule has 1 aromatic heterocycles. The number of ether oxygens (including phenoxy) is 1. The maximum Gasteiger partial charge on any atom is 0.253 e. The smallest absolute Gasteiger partial charge is 0.253 e. The van der Waals surface area contributed by atoms with Crippen molar-refractivity contribution in [3.8, 4) is 0 Å². The zero-order valence-corrected chi connectivity index (χ0v) is 11.0. The highest BCUT2D eigenvalue weighted by Gasteiger charge is 2.30. The summed E-state index contributed by atoms with van der Waals surface area (Å²) in [4.78, 5) is 15.8. The molecule has 0 aromatic carbocycles. The van der Waals surface area contributed by atoms with Crippen molar-refractivity contribution in [3.63, 3.8) is 0 Å². The topological polar surface area (TPSA) is 77.2 Å². The number of rotatable bonds is 3. The predicted molar refractivity (Wildman–Crippen MR) is 69.6 cm³/mol. The Morgan fingerprint density at radius 3 is 3.17 bits per heavy atom. The van der Waals surface area contributed by atoms with Crippen LogP contribution in [0.3, 0.4) is 0 Å². The highest BCUT2D eigenvalue weighted by Crippen LogP contribution is 2.24. The lowest BCUT2D eigenvalue weighted by atomic mass is 10.0. The molecule has 18 heavy (non-hydrogen) atoms. The first-order valence-electron chi connectivity index (χ1n) is 5.83. The Balaban J connectivity index is 2.01. The second kappa shape index (κ2) is 5.12. The molecule has 0 radical (unpaired) electrons. The monoisotopic (exact) mass is 269 g/mol. The first kappa shape index (κ1) is 13.1. The molecule has 5 nitrogen and oxygen atoms in total. The summed E-state index contributed by atoms with van der Waals surface area (Å²) in [5, 5.41) is 3.11. The lowest BCUT2D eigenvalue weighted by Gasteiger charge is -2.23. The van der Waals surface area contributed by atoms with Gasteiger partial charge < -0.3 is 15.8 Å². The lowest BCUT2D eigenvalue weighted by Crippen LogP contribution is -2.40. The number of nitrogens with zero attached hydrogens (tertiary/aromatic N) is 1. The molecule has 0 aliphatic carbocycles. The number of nitrogens with two attached hydrogens (primary N) is 1. The summed E-state index contributed by atoms with van der Waals surface area (Å²) in [6.45, 7) is 3.20. The van der Waals surface area contributed by atoms with Crippen molar-refractivity contribution in [1.82, 2.24) is 10.3 Å². The Kier molecular flexibility index (Phi) is 3.73. The van der Waals surface area contributed by atoms with Gasteiger partial charge in [-0.1, -0.05) is 11.6 Å². The largest absolute Gasteiger partial charge is 0.384 e. The van der Waals surface area contributed by atoms with Gasteiger partial charge >= 0.3 is 0 Å². The van der Waals surface area contributed by atoms with Crippen molar-refractivity contribution in [2.75, 3.05) is 18.9 Å². The summed E-state index contributed by atoms with van der Waals surface area (Å²) in [6.07, 6.45) is 3.34. The van der Waals surface area contributed by atoms with E-state index in [-0.39, 0.29) is 17.3 Å². The van der Waals surface area contributed by atoms with Crippen molar-refractivity contribution in [2.45, 2.75) is 25.4 Å². The molecule has 6 heteroatoms. The molecule has 0 saturated carbocycles. The minimum absolute atomic E-state index is 0.258. The van der Waals surface area contributed by atoms with E-state index in [1.54, 1.807) is 0 Å². The fourth-order valence-corrected chi connectivity index (χ4v) is 2.16. The molecule has 0 bridgehead atoms. The molecule has 1 fully saturated rings. The minimum atomic E-state index is -0.277. The third-order valence-corrected chi connectivity index (χ3v) is 3.35. The van der Waals surface area contributed by atoms with Gasteiger partial charge in [-0.05, 0) is 25.8 Å². The summed E-state index contributed by atoms with van der Waals surface area (Å²) in [5.41, 5.74) is 5.60. The van der Waals surface area contributed by atoms with Gasteiger partial charge in [-0.2, -0.15) is 0 Å². The number of pyridine rings is 1. The summed E-state index contributed by atoms with van der Waals surface area (Å²) in [5.74, 6) is 0.0127. The Morgan fingerprint density at radius 2 is 2.50 bits per heavy atom. The van der Waals surface area contributed by atoms with Crippen molar-refractivity contribution in [1.29, 1.82) is 0 Å². The maximum absolute atomic E-state index is 12.0.